The van der Waals surface area contributed by atoms with Crippen molar-refractivity contribution in [2.24, 2.45) is 0 Å². The zero-order valence-corrected chi connectivity index (χ0v) is 13.8. The van der Waals surface area contributed by atoms with E-state index in [4.69, 9.17) is 14.5 Å². The van der Waals surface area contributed by atoms with E-state index >= 15 is 0 Å². The van der Waals surface area contributed by atoms with Crippen molar-refractivity contribution in [1.29, 1.82) is 0 Å². The van der Waals surface area contributed by atoms with Gasteiger partial charge in [-0.05, 0) is 24.3 Å². The smallest absolute Gasteiger partial charge is 0.124 e. The largest absolute Gasteiger partial charge is 0.497 e. The number of nitrogens with zero attached hydrogens (tertiary/aromatic N) is 1. The molecule has 0 amide bonds. The fourth-order valence-corrected chi connectivity index (χ4v) is 2.95. The lowest BCUT2D eigenvalue weighted by molar-refractivity contribution is 0.181. The molecule has 2 aromatic rings. The van der Waals surface area contributed by atoms with E-state index in [0.29, 0.717) is 12.6 Å². The summed E-state index contributed by atoms with van der Waals surface area (Å²) < 4.78 is 10.4. The van der Waals surface area contributed by atoms with Gasteiger partial charge in [-0.15, -0.1) is 11.3 Å². The number of nitrogens with one attached hydrogen (secondary N) is 1. The summed E-state index contributed by atoms with van der Waals surface area (Å²) in [5, 5.41) is 4.46. The monoisotopic (exact) mass is 306 g/mol. The molecule has 0 atom stereocenters. The van der Waals surface area contributed by atoms with E-state index in [1.807, 2.05) is 24.3 Å². The lowest BCUT2D eigenvalue weighted by atomic mass is 10.2. The van der Waals surface area contributed by atoms with E-state index in [0.717, 1.165) is 28.6 Å². The maximum atomic E-state index is 5.26. The van der Waals surface area contributed by atoms with E-state index in [2.05, 4.69) is 19.2 Å². The molecule has 0 spiro atoms. The third-order valence-electron chi connectivity index (χ3n) is 3.07. The van der Waals surface area contributed by atoms with Crippen LogP contribution in [-0.2, 0) is 17.9 Å². The van der Waals surface area contributed by atoms with Crippen LogP contribution in [-0.4, -0.2) is 25.2 Å². The highest BCUT2D eigenvalue weighted by Gasteiger charge is 2.13. The van der Waals surface area contributed by atoms with E-state index in [-0.39, 0.29) is 0 Å². The van der Waals surface area contributed by atoms with Gasteiger partial charge in [0.25, 0.3) is 0 Å². The summed E-state index contributed by atoms with van der Waals surface area (Å²) in [5.41, 5.74) is 2.12. The summed E-state index contributed by atoms with van der Waals surface area (Å²) in [7, 11) is 3.37. The van der Waals surface area contributed by atoms with Crippen molar-refractivity contribution in [3.8, 4) is 16.3 Å². The number of rotatable bonds is 7. The Bertz CT molecular complexity index is 564. The number of hydrogen-bond donors (Lipinski definition) is 1. The molecule has 0 fully saturated rings. The van der Waals surface area contributed by atoms with Gasteiger partial charge < -0.3 is 14.8 Å². The molecule has 1 aromatic heterocycles. The molecule has 1 heterocycles. The van der Waals surface area contributed by atoms with E-state index < -0.39 is 0 Å². The molecule has 0 radical (unpaired) electrons. The maximum absolute atomic E-state index is 5.26. The molecule has 4 nitrogen and oxygen atoms in total. The van der Waals surface area contributed by atoms with Gasteiger partial charge in [0.05, 0.1) is 19.4 Å². The zero-order valence-electron chi connectivity index (χ0n) is 13.0. The van der Waals surface area contributed by atoms with Crippen molar-refractivity contribution in [3.63, 3.8) is 0 Å². The highest BCUT2D eigenvalue weighted by Crippen LogP contribution is 2.29. The van der Waals surface area contributed by atoms with E-state index in [9.17, 15) is 0 Å². The third kappa shape index (κ3) is 4.27. The fraction of sp³-hybridized carbons (Fsp3) is 0.438. The van der Waals surface area contributed by atoms with Gasteiger partial charge in [0.1, 0.15) is 10.8 Å². The molecule has 0 aliphatic rings. The number of benzene rings is 1. The highest BCUT2D eigenvalue weighted by molar-refractivity contribution is 7.15. The average molecular weight is 306 g/mol. The molecule has 1 N–H and O–H groups in total. The quantitative estimate of drug-likeness (QED) is 0.850. The minimum Gasteiger partial charge on any atom is -0.497 e. The molecule has 0 unspecified atom stereocenters. The Morgan fingerprint density at radius 2 is 1.90 bits per heavy atom. The van der Waals surface area contributed by atoms with E-state index in [1.165, 1.54) is 4.88 Å². The van der Waals surface area contributed by atoms with Crippen LogP contribution in [0.25, 0.3) is 10.6 Å². The standard InChI is InChI=1S/C16H22N2O2S/c1-11(2)17-9-15-14(10-19-3)18-16(21-15)12-5-7-13(20-4)8-6-12/h5-8,11,17H,9-10H2,1-4H3. The van der Waals surface area contributed by atoms with Crippen LogP contribution in [0.1, 0.15) is 24.4 Å². The number of hydrogen-bond acceptors (Lipinski definition) is 5. The normalized spacial score (nSPS) is 11.1. The predicted molar refractivity (Wildman–Crippen MR) is 86.8 cm³/mol. The van der Waals surface area contributed by atoms with Crippen molar-refractivity contribution < 1.29 is 9.47 Å². The molecular formula is C16H22N2O2S. The van der Waals surface area contributed by atoms with Gasteiger partial charge in [-0.1, -0.05) is 13.8 Å². The summed E-state index contributed by atoms with van der Waals surface area (Å²) in [6.45, 7) is 5.65. The van der Waals surface area contributed by atoms with Crippen molar-refractivity contribution in [2.45, 2.75) is 33.0 Å². The first-order valence-electron chi connectivity index (χ1n) is 6.99. The van der Waals surface area contributed by atoms with Crippen LogP contribution >= 0.6 is 11.3 Å². The molecule has 2 rings (SSSR count). The summed E-state index contributed by atoms with van der Waals surface area (Å²) in [4.78, 5) is 5.95. The van der Waals surface area contributed by atoms with Crippen molar-refractivity contribution in [2.75, 3.05) is 14.2 Å². The van der Waals surface area contributed by atoms with Crippen LogP contribution in [0.5, 0.6) is 5.75 Å². The molecule has 0 aliphatic heterocycles. The number of ether oxygens (including phenoxy) is 2. The SMILES string of the molecule is COCc1nc(-c2ccc(OC)cc2)sc1CNC(C)C. The Kier molecular flexibility index (Phi) is 5.73. The van der Waals surface area contributed by atoms with Crippen molar-refractivity contribution >= 4 is 11.3 Å². The van der Waals surface area contributed by atoms with Crippen LogP contribution < -0.4 is 10.1 Å². The Hall–Kier alpha value is -1.43. The Balaban J connectivity index is 2.24. The van der Waals surface area contributed by atoms with Crippen molar-refractivity contribution in [3.05, 3.63) is 34.8 Å². The average Bonchev–Trinajstić information content (AvgIpc) is 2.89. The molecule has 0 saturated carbocycles. The van der Waals surface area contributed by atoms with Crippen LogP contribution in [0.3, 0.4) is 0 Å². The van der Waals surface area contributed by atoms with Gasteiger partial charge in [-0.2, -0.15) is 0 Å². The minimum atomic E-state index is 0.451. The Labute approximate surface area is 130 Å². The van der Waals surface area contributed by atoms with E-state index in [1.54, 1.807) is 25.6 Å². The van der Waals surface area contributed by atoms with Gasteiger partial charge >= 0.3 is 0 Å². The Morgan fingerprint density at radius 3 is 2.48 bits per heavy atom. The summed E-state index contributed by atoms with van der Waals surface area (Å²) in [6, 6.07) is 8.44. The topological polar surface area (TPSA) is 43.4 Å². The summed E-state index contributed by atoms with van der Waals surface area (Å²) in [5.74, 6) is 0.856. The summed E-state index contributed by atoms with van der Waals surface area (Å²) >= 11 is 1.71. The van der Waals surface area contributed by atoms with Gasteiger partial charge in [-0.3, -0.25) is 0 Å². The fourth-order valence-electron chi connectivity index (χ4n) is 1.92. The maximum Gasteiger partial charge on any atom is 0.124 e. The number of methoxy groups -OCH3 is 2. The van der Waals surface area contributed by atoms with Crippen LogP contribution in [0.2, 0.25) is 0 Å². The molecule has 0 bridgehead atoms. The first kappa shape index (κ1) is 15.9. The van der Waals surface area contributed by atoms with Gasteiger partial charge in [-0.25, -0.2) is 4.98 Å². The number of aromatic nitrogens is 1. The molecule has 0 saturated heterocycles. The first-order chi connectivity index (χ1) is 10.1. The molecule has 1 aromatic carbocycles. The van der Waals surface area contributed by atoms with Gasteiger partial charge in [0, 0.05) is 30.1 Å². The lowest BCUT2D eigenvalue weighted by Gasteiger charge is -2.07. The molecule has 114 valence electrons. The summed E-state index contributed by atoms with van der Waals surface area (Å²) in [6.07, 6.45) is 0. The zero-order chi connectivity index (χ0) is 15.2. The molecular weight excluding hydrogens is 284 g/mol. The van der Waals surface area contributed by atoms with Gasteiger partial charge in [0.15, 0.2) is 0 Å². The number of thiazole rings is 1. The predicted octanol–water partition coefficient (Wildman–Crippen LogP) is 3.46. The second-order valence-electron chi connectivity index (χ2n) is 5.09. The second-order valence-corrected chi connectivity index (χ2v) is 6.17. The lowest BCUT2D eigenvalue weighted by Crippen LogP contribution is -2.21. The molecule has 21 heavy (non-hydrogen) atoms. The third-order valence-corrected chi connectivity index (χ3v) is 4.21. The Morgan fingerprint density at radius 1 is 1.19 bits per heavy atom. The van der Waals surface area contributed by atoms with Crippen molar-refractivity contribution in [1.82, 2.24) is 10.3 Å². The van der Waals surface area contributed by atoms with Crippen LogP contribution in [0, 0.1) is 0 Å². The highest BCUT2D eigenvalue weighted by atomic mass is 32.1. The molecule has 0 aliphatic carbocycles. The second kappa shape index (κ2) is 7.54. The van der Waals surface area contributed by atoms with Gasteiger partial charge in [0.2, 0.25) is 0 Å². The van der Waals surface area contributed by atoms with Crippen LogP contribution in [0.4, 0.5) is 0 Å². The molecule has 5 heteroatoms. The van der Waals surface area contributed by atoms with Crippen LogP contribution in [0.15, 0.2) is 24.3 Å². The first-order valence-corrected chi connectivity index (χ1v) is 7.81. The minimum absolute atomic E-state index is 0.451.